The van der Waals surface area contributed by atoms with Crippen molar-refractivity contribution < 1.29 is 9.84 Å². The molecule has 0 aromatic heterocycles. The molecule has 2 heteroatoms. The number of ether oxygens (including phenoxy) is 1. The van der Waals surface area contributed by atoms with Gasteiger partial charge in [0.1, 0.15) is 0 Å². The van der Waals surface area contributed by atoms with Crippen LogP contribution < -0.4 is 0 Å². The van der Waals surface area contributed by atoms with Gasteiger partial charge in [0, 0.05) is 5.41 Å². The van der Waals surface area contributed by atoms with Crippen molar-refractivity contribution >= 4 is 0 Å². The second-order valence-corrected chi connectivity index (χ2v) is 4.13. The lowest BCUT2D eigenvalue weighted by atomic mass is 9.69. The summed E-state index contributed by atoms with van der Waals surface area (Å²) in [7, 11) is 0. The minimum absolute atomic E-state index is 0.0816. The van der Waals surface area contributed by atoms with Crippen molar-refractivity contribution in [2.24, 2.45) is 11.3 Å². The molecule has 64 valence electrons. The molecule has 2 rings (SSSR count). The highest BCUT2D eigenvalue weighted by molar-refractivity contribution is 4.92. The molecule has 0 amide bonds. The molecule has 0 bridgehead atoms. The molecule has 1 saturated carbocycles. The van der Waals surface area contributed by atoms with E-state index >= 15 is 0 Å². The van der Waals surface area contributed by atoms with Crippen molar-refractivity contribution in [3.05, 3.63) is 0 Å². The molecule has 1 saturated heterocycles. The van der Waals surface area contributed by atoms with Crippen molar-refractivity contribution in [3.8, 4) is 0 Å². The Labute approximate surface area is 67.6 Å². The summed E-state index contributed by atoms with van der Waals surface area (Å²) < 4.78 is 5.26. The zero-order chi connectivity index (χ0) is 7.90. The van der Waals surface area contributed by atoms with Crippen molar-refractivity contribution in [3.63, 3.8) is 0 Å². The van der Waals surface area contributed by atoms with E-state index in [-0.39, 0.29) is 5.41 Å². The first-order valence-electron chi connectivity index (χ1n) is 4.53. The molecule has 2 fully saturated rings. The fourth-order valence-electron chi connectivity index (χ4n) is 2.43. The van der Waals surface area contributed by atoms with Crippen LogP contribution in [0.15, 0.2) is 0 Å². The minimum atomic E-state index is -0.493. The monoisotopic (exact) mass is 156 g/mol. The summed E-state index contributed by atoms with van der Waals surface area (Å²) >= 11 is 0. The van der Waals surface area contributed by atoms with Crippen LogP contribution in [-0.2, 0) is 4.74 Å². The smallest absolute Gasteiger partial charge is 0.160 e. The van der Waals surface area contributed by atoms with Crippen molar-refractivity contribution in [1.82, 2.24) is 0 Å². The Morgan fingerprint density at radius 2 is 2.27 bits per heavy atom. The van der Waals surface area contributed by atoms with Crippen molar-refractivity contribution in [2.45, 2.75) is 38.9 Å². The Balaban J connectivity index is 2.16. The molecule has 2 nitrogen and oxygen atoms in total. The van der Waals surface area contributed by atoms with Gasteiger partial charge in [-0.3, -0.25) is 0 Å². The number of rotatable bonds is 0. The Kier molecular flexibility index (Phi) is 1.69. The van der Waals surface area contributed by atoms with Gasteiger partial charge >= 0.3 is 0 Å². The lowest BCUT2D eigenvalue weighted by Crippen LogP contribution is -2.35. The van der Waals surface area contributed by atoms with E-state index in [0.717, 1.165) is 13.0 Å². The zero-order valence-corrected chi connectivity index (χ0v) is 7.05. The van der Waals surface area contributed by atoms with Crippen LogP contribution in [0, 0.1) is 11.3 Å². The van der Waals surface area contributed by atoms with E-state index < -0.39 is 6.29 Å². The summed E-state index contributed by atoms with van der Waals surface area (Å²) in [5.74, 6) is 0.617. The Bertz CT molecular complexity index is 156. The van der Waals surface area contributed by atoms with Crippen LogP contribution in [0.25, 0.3) is 0 Å². The van der Waals surface area contributed by atoms with Gasteiger partial charge in [0.2, 0.25) is 0 Å². The van der Waals surface area contributed by atoms with Gasteiger partial charge in [-0.1, -0.05) is 19.8 Å². The maximum absolute atomic E-state index is 9.56. The van der Waals surface area contributed by atoms with E-state index in [9.17, 15) is 5.11 Å². The third kappa shape index (κ3) is 1.00. The fourth-order valence-corrected chi connectivity index (χ4v) is 2.43. The molecule has 1 unspecified atom stereocenters. The van der Waals surface area contributed by atoms with E-state index in [1.54, 1.807) is 0 Å². The largest absolute Gasteiger partial charge is 0.367 e. The first-order valence-corrected chi connectivity index (χ1v) is 4.53. The topological polar surface area (TPSA) is 29.5 Å². The van der Waals surface area contributed by atoms with E-state index in [4.69, 9.17) is 4.74 Å². The molecule has 1 heterocycles. The molecule has 11 heavy (non-hydrogen) atoms. The van der Waals surface area contributed by atoms with Gasteiger partial charge in [-0.05, 0) is 18.8 Å². The average molecular weight is 156 g/mol. The summed E-state index contributed by atoms with van der Waals surface area (Å²) in [6.07, 6.45) is 4.46. The summed E-state index contributed by atoms with van der Waals surface area (Å²) in [5.41, 5.74) is 0.0816. The van der Waals surface area contributed by atoms with Crippen LogP contribution in [-0.4, -0.2) is 18.0 Å². The van der Waals surface area contributed by atoms with Gasteiger partial charge in [-0.15, -0.1) is 0 Å². The maximum Gasteiger partial charge on any atom is 0.160 e. The average Bonchev–Trinajstić information content (AvgIpc) is 2.29. The summed E-state index contributed by atoms with van der Waals surface area (Å²) in [5, 5.41) is 9.56. The van der Waals surface area contributed by atoms with Crippen LogP contribution in [0.5, 0.6) is 0 Å². The normalized spacial score (nSPS) is 50.7. The number of hydrogen-bond acceptors (Lipinski definition) is 2. The third-order valence-electron chi connectivity index (χ3n) is 3.47. The Morgan fingerprint density at radius 1 is 1.45 bits per heavy atom. The van der Waals surface area contributed by atoms with Crippen molar-refractivity contribution in [2.75, 3.05) is 6.61 Å². The van der Waals surface area contributed by atoms with Gasteiger partial charge in [0.15, 0.2) is 6.29 Å². The van der Waals surface area contributed by atoms with E-state index in [2.05, 4.69) is 6.92 Å². The first kappa shape index (κ1) is 7.56. The lowest BCUT2D eigenvalue weighted by molar-refractivity contribution is -0.119. The number of aliphatic hydroxyl groups is 1. The van der Waals surface area contributed by atoms with Crippen LogP contribution in [0.4, 0.5) is 0 Å². The lowest BCUT2D eigenvalue weighted by Gasteiger charge is -2.36. The summed E-state index contributed by atoms with van der Waals surface area (Å²) in [4.78, 5) is 0. The molecule has 1 aliphatic carbocycles. The Morgan fingerprint density at radius 3 is 3.00 bits per heavy atom. The molecular formula is C9H16O2. The predicted octanol–water partition coefficient (Wildman–Crippen LogP) is 1.53. The van der Waals surface area contributed by atoms with Crippen LogP contribution in [0.3, 0.4) is 0 Å². The van der Waals surface area contributed by atoms with E-state index in [1.165, 1.54) is 19.3 Å². The van der Waals surface area contributed by atoms with Gasteiger partial charge in [0.05, 0.1) is 6.61 Å². The second kappa shape index (κ2) is 2.46. The Hall–Kier alpha value is -0.0800. The van der Waals surface area contributed by atoms with Crippen LogP contribution in [0.1, 0.15) is 32.6 Å². The molecule has 3 atom stereocenters. The molecule has 0 radical (unpaired) electrons. The molecule has 0 spiro atoms. The van der Waals surface area contributed by atoms with Crippen LogP contribution >= 0.6 is 0 Å². The minimum Gasteiger partial charge on any atom is -0.367 e. The predicted molar refractivity (Wildman–Crippen MR) is 42.0 cm³/mol. The van der Waals surface area contributed by atoms with Gasteiger partial charge in [0.25, 0.3) is 0 Å². The fraction of sp³-hybridized carbons (Fsp3) is 1.00. The summed E-state index contributed by atoms with van der Waals surface area (Å²) in [6.45, 7) is 2.94. The zero-order valence-electron chi connectivity index (χ0n) is 7.05. The van der Waals surface area contributed by atoms with E-state index in [0.29, 0.717) is 5.92 Å². The van der Waals surface area contributed by atoms with Gasteiger partial charge in [-0.2, -0.15) is 0 Å². The molecule has 1 aliphatic heterocycles. The standard InChI is InChI=1S/C9H16O2/c1-9-5-3-2-4-7(9)6-11-8(9)10/h7-8,10H,2-6H2,1H3/t7-,8?,9-/m0/s1. The first-order chi connectivity index (χ1) is 5.23. The molecule has 0 aromatic carbocycles. The molecular weight excluding hydrogens is 140 g/mol. The second-order valence-electron chi connectivity index (χ2n) is 4.13. The van der Waals surface area contributed by atoms with Gasteiger partial charge in [-0.25, -0.2) is 0 Å². The highest BCUT2D eigenvalue weighted by Gasteiger charge is 2.47. The quantitative estimate of drug-likeness (QED) is 0.576. The number of fused-ring (bicyclic) bond motifs is 1. The van der Waals surface area contributed by atoms with E-state index in [1.807, 2.05) is 0 Å². The third-order valence-corrected chi connectivity index (χ3v) is 3.47. The van der Waals surface area contributed by atoms with Crippen molar-refractivity contribution in [1.29, 1.82) is 0 Å². The number of hydrogen-bond donors (Lipinski definition) is 1. The highest BCUT2D eigenvalue weighted by atomic mass is 16.6. The highest BCUT2D eigenvalue weighted by Crippen LogP contribution is 2.48. The summed E-state index contributed by atoms with van der Waals surface area (Å²) in [6, 6.07) is 0. The maximum atomic E-state index is 9.56. The number of aliphatic hydroxyl groups excluding tert-OH is 1. The SMILES string of the molecule is C[C@]12CCCC[C@H]1COC2O. The molecule has 0 aromatic rings. The van der Waals surface area contributed by atoms with Gasteiger partial charge < -0.3 is 9.84 Å². The van der Waals surface area contributed by atoms with Crippen LogP contribution in [0.2, 0.25) is 0 Å². The molecule has 2 aliphatic rings. The molecule has 1 N–H and O–H groups in total.